The smallest absolute Gasteiger partial charge is 0.240 e. The number of hydrogen-bond acceptors (Lipinski definition) is 6. The predicted octanol–water partition coefficient (Wildman–Crippen LogP) is 2.34. The van der Waals surface area contributed by atoms with Gasteiger partial charge in [-0.1, -0.05) is 12.1 Å². The molecule has 0 bridgehead atoms. The summed E-state index contributed by atoms with van der Waals surface area (Å²) in [4.78, 5) is 6.98. The molecule has 1 saturated heterocycles. The fraction of sp³-hybridized carbons (Fsp3) is 0.478. The molecule has 0 amide bonds. The molecule has 1 N–H and O–H groups in total. The van der Waals surface area contributed by atoms with E-state index in [9.17, 15) is 8.42 Å². The van der Waals surface area contributed by atoms with Gasteiger partial charge in [0.05, 0.1) is 12.0 Å². The van der Waals surface area contributed by atoms with Crippen LogP contribution in [-0.4, -0.2) is 79.2 Å². The van der Waals surface area contributed by atoms with Crippen molar-refractivity contribution in [3.8, 4) is 5.75 Å². The van der Waals surface area contributed by atoms with E-state index >= 15 is 0 Å². The summed E-state index contributed by atoms with van der Waals surface area (Å²) >= 11 is 0. The number of methoxy groups -OCH3 is 1. The number of aryl methyl sites for hydroxylation is 1. The Bertz CT molecular complexity index is 969. The van der Waals surface area contributed by atoms with E-state index in [1.165, 1.54) is 0 Å². The molecule has 1 aliphatic heterocycles. The maximum Gasteiger partial charge on any atom is 0.240 e. The number of likely N-dealkylation sites (N-methyl/N-ethyl adjacent to an activating group) is 1. The summed E-state index contributed by atoms with van der Waals surface area (Å²) in [5.74, 6) is 0.676. The van der Waals surface area contributed by atoms with Gasteiger partial charge in [0.1, 0.15) is 5.75 Å². The molecule has 1 atom stereocenters. The van der Waals surface area contributed by atoms with Crippen molar-refractivity contribution >= 4 is 15.7 Å². The van der Waals surface area contributed by atoms with Gasteiger partial charge < -0.3 is 14.5 Å². The van der Waals surface area contributed by atoms with E-state index in [0.717, 1.165) is 43.0 Å². The first kappa shape index (κ1) is 23.5. The van der Waals surface area contributed by atoms with E-state index in [2.05, 4.69) is 50.7 Å². The minimum atomic E-state index is -3.63. The number of hydrogen-bond donors (Lipinski definition) is 1. The quantitative estimate of drug-likeness (QED) is 0.672. The molecular formula is C23H34N4O3S. The van der Waals surface area contributed by atoms with E-state index in [0.29, 0.717) is 12.3 Å². The zero-order valence-electron chi connectivity index (χ0n) is 19.1. The van der Waals surface area contributed by atoms with Crippen LogP contribution in [0.15, 0.2) is 47.4 Å². The van der Waals surface area contributed by atoms with E-state index in [4.69, 9.17) is 4.74 Å². The summed E-state index contributed by atoms with van der Waals surface area (Å²) in [6, 6.07) is 13.3. The Morgan fingerprint density at radius 1 is 1.06 bits per heavy atom. The van der Waals surface area contributed by atoms with E-state index < -0.39 is 10.0 Å². The number of nitrogens with one attached hydrogen (secondary N) is 1. The molecule has 7 nitrogen and oxygen atoms in total. The Labute approximate surface area is 186 Å². The van der Waals surface area contributed by atoms with Crippen molar-refractivity contribution in [2.24, 2.45) is 0 Å². The zero-order valence-corrected chi connectivity index (χ0v) is 19.9. The van der Waals surface area contributed by atoms with Gasteiger partial charge in [-0.25, -0.2) is 13.1 Å². The number of sulfonamides is 1. The van der Waals surface area contributed by atoms with Crippen LogP contribution >= 0.6 is 0 Å². The molecule has 2 aromatic carbocycles. The third-order valence-corrected chi connectivity index (χ3v) is 7.34. The highest BCUT2D eigenvalue weighted by Gasteiger charge is 2.26. The van der Waals surface area contributed by atoms with Crippen molar-refractivity contribution in [2.75, 3.05) is 65.9 Å². The van der Waals surface area contributed by atoms with E-state index in [1.807, 2.05) is 21.0 Å². The molecule has 2 aromatic rings. The van der Waals surface area contributed by atoms with Gasteiger partial charge in [0.15, 0.2) is 0 Å². The Kier molecular flexibility index (Phi) is 7.59. The fourth-order valence-electron chi connectivity index (χ4n) is 3.88. The first-order chi connectivity index (χ1) is 14.7. The van der Waals surface area contributed by atoms with Crippen LogP contribution < -0.4 is 14.4 Å². The molecule has 1 unspecified atom stereocenters. The van der Waals surface area contributed by atoms with Crippen molar-refractivity contribution < 1.29 is 13.2 Å². The van der Waals surface area contributed by atoms with Crippen LogP contribution in [0.5, 0.6) is 5.75 Å². The van der Waals surface area contributed by atoms with Crippen molar-refractivity contribution in [1.82, 2.24) is 14.5 Å². The molecule has 1 fully saturated rings. The highest BCUT2D eigenvalue weighted by molar-refractivity contribution is 7.89. The fourth-order valence-corrected chi connectivity index (χ4v) is 5.00. The van der Waals surface area contributed by atoms with Crippen LogP contribution in [0.4, 0.5) is 5.69 Å². The molecule has 0 radical (unpaired) electrons. The number of anilines is 1. The van der Waals surface area contributed by atoms with Gasteiger partial charge in [0.2, 0.25) is 10.0 Å². The second-order valence-electron chi connectivity index (χ2n) is 8.32. The molecule has 3 rings (SSSR count). The van der Waals surface area contributed by atoms with Gasteiger partial charge in [0, 0.05) is 58.5 Å². The van der Waals surface area contributed by atoms with Crippen LogP contribution in [0.25, 0.3) is 0 Å². The van der Waals surface area contributed by atoms with Crippen molar-refractivity contribution in [1.29, 1.82) is 0 Å². The highest BCUT2D eigenvalue weighted by Crippen LogP contribution is 2.26. The standard InChI is InChI=1S/C23H34N4O3S/c1-18-16-21(10-11-23(18)30-5)31(28,29)24-17-22(27-14-12-26(4)13-15-27)19-6-8-20(9-7-19)25(2)3/h6-11,16,22,24H,12-15,17H2,1-5H3. The van der Waals surface area contributed by atoms with Crippen LogP contribution in [0.3, 0.4) is 0 Å². The molecule has 0 aliphatic carbocycles. The Morgan fingerprint density at radius 2 is 1.71 bits per heavy atom. The van der Waals surface area contributed by atoms with E-state index in [-0.39, 0.29) is 10.9 Å². The number of rotatable bonds is 8. The van der Waals surface area contributed by atoms with Gasteiger partial charge >= 0.3 is 0 Å². The van der Waals surface area contributed by atoms with Crippen molar-refractivity contribution in [3.05, 3.63) is 53.6 Å². The lowest BCUT2D eigenvalue weighted by Gasteiger charge is -2.38. The SMILES string of the molecule is COc1ccc(S(=O)(=O)NCC(c2ccc(N(C)C)cc2)N2CCN(C)CC2)cc1C. The second-order valence-corrected chi connectivity index (χ2v) is 10.1. The topological polar surface area (TPSA) is 65.1 Å². The summed E-state index contributed by atoms with van der Waals surface area (Å²) in [5.41, 5.74) is 3.03. The highest BCUT2D eigenvalue weighted by atomic mass is 32.2. The monoisotopic (exact) mass is 446 g/mol. The van der Waals surface area contributed by atoms with Crippen LogP contribution in [0.2, 0.25) is 0 Å². The van der Waals surface area contributed by atoms with Gasteiger partial charge in [-0.2, -0.15) is 0 Å². The largest absolute Gasteiger partial charge is 0.496 e. The summed E-state index contributed by atoms with van der Waals surface area (Å²) in [6.07, 6.45) is 0. The second kappa shape index (κ2) is 9.99. The molecule has 1 heterocycles. The maximum atomic E-state index is 13.0. The normalized spacial score (nSPS) is 16.8. The van der Waals surface area contributed by atoms with E-state index in [1.54, 1.807) is 25.3 Å². The molecule has 0 aromatic heterocycles. The molecule has 31 heavy (non-hydrogen) atoms. The number of benzene rings is 2. The Hall–Kier alpha value is -2.13. The van der Waals surface area contributed by atoms with Crippen molar-refractivity contribution in [2.45, 2.75) is 17.9 Å². The van der Waals surface area contributed by atoms with Gasteiger partial charge in [-0.3, -0.25) is 4.90 Å². The molecular weight excluding hydrogens is 412 g/mol. The third-order valence-electron chi connectivity index (χ3n) is 5.92. The molecule has 1 aliphatic rings. The maximum absolute atomic E-state index is 13.0. The lowest BCUT2D eigenvalue weighted by molar-refractivity contribution is 0.113. The van der Waals surface area contributed by atoms with Crippen LogP contribution in [-0.2, 0) is 10.0 Å². The molecule has 170 valence electrons. The lowest BCUT2D eigenvalue weighted by Crippen LogP contribution is -2.48. The predicted molar refractivity (Wildman–Crippen MR) is 125 cm³/mol. The van der Waals surface area contributed by atoms with Gasteiger partial charge in [0.25, 0.3) is 0 Å². The number of piperazine rings is 1. The Balaban J connectivity index is 1.81. The zero-order chi connectivity index (χ0) is 22.6. The summed E-state index contributed by atoms with van der Waals surface area (Å²) in [6.45, 7) is 5.91. The third kappa shape index (κ3) is 5.77. The van der Waals surface area contributed by atoms with Crippen LogP contribution in [0.1, 0.15) is 17.2 Å². The summed E-state index contributed by atoms with van der Waals surface area (Å²) in [7, 11) is 4.09. The number of ether oxygens (including phenoxy) is 1. The van der Waals surface area contributed by atoms with Crippen molar-refractivity contribution in [3.63, 3.8) is 0 Å². The van der Waals surface area contributed by atoms with Gasteiger partial charge in [-0.15, -0.1) is 0 Å². The summed E-state index contributed by atoms with van der Waals surface area (Å²) < 4.78 is 34.1. The first-order valence-electron chi connectivity index (χ1n) is 10.6. The molecule has 0 saturated carbocycles. The Morgan fingerprint density at radius 3 is 2.26 bits per heavy atom. The number of nitrogens with zero attached hydrogens (tertiary/aromatic N) is 3. The molecule has 0 spiro atoms. The summed E-state index contributed by atoms with van der Waals surface area (Å²) in [5, 5.41) is 0. The average molecular weight is 447 g/mol. The molecule has 8 heteroatoms. The minimum absolute atomic E-state index is 0.0287. The van der Waals surface area contributed by atoms with Gasteiger partial charge in [-0.05, 0) is 55.4 Å². The lowest BCUT2D eigenvalue weighted by atomic mass is 10.0. The van der Waals surface area contributed by atoms with Crippen LogP contribution in [0, 0.1) is 6.92 Å². The minimum Gasteiger partial charge on any atom is -0.496 e. The first-order valence-corrected chi connectivity index (χ1v) is 12.0. The average Bonchev–Trinajstić information content (AvgIpc) is 2.75.